The average Bonchev–Trinajstić information content (AvgIpc) is 2.66. The Morgan fingerprint density at radius 2 is 2.04 bits per heavy atom. The van der Waals surface area contributed by atoms with Gasteiger partial charge in [0.25, 0.3) is 5.91 Å². The average molecular weight is 356 g/mol. The van der Waals surface area contributed by atoms with Gasteiger partial charge in [-0.05, 0) is 42.8 Å². The lowest BCUT2D eigenvalue weighted by Gasteiger charge is -2.28. The maximum atomic E-state index is 12.6. The predicted molar refractivity (Wildman–Crippen MR) is 100 cm³/mol. The third kappa shape index (κ3) is 4.11. The molecule has 25 heavy (non-hydrogen) atoms. The summed E-state index contributed by atoms with van der Waals surface area (Å²) < 4.78 is 0. The molecule has 0 saturated carbocycles. The standard InChI is InChI=1S/C18H20N4O2S/c1-2-9-19-16(23)13-5-7-14(8-6-13)21-18(24)22-11-12-25-17-15(22)4-3-10-20-17/h3-8,10H,2,9,11-12H2,1H3,(H,19,23)(H,21,24). The Labute approximate surface area is 151 Å². The van der Waals surface area contributed by atoms with Crippen LogP contribution in [0, 0.1) is 0 Å². The minimum atomic E-state index is -0.197. The second-order valence-electron chi connectivity index (χ2n) is 5.59. The smallest absolute Gasteiger partial charge is 0.326 e. The first-order valence-corrected chi connectivity index (χ1v) is 9.22. The summed E-state index contributed by atoms with van der Waals surface area (Å²) in [5.41, 5.74) is 2.06. The largest absolute Gasteiger partial charge is 0.352 e. The molecule has 1 aliphatic rings. The van der Waals surface area contributed by atoms with E-state index in [2.05, 4.69) is 15.6 Å². The summed E-state index contributed by atoms with van der Waals surface area (Å²) in [4.78, 5) is 30.5. The number of anilines is 2. The van der Waals surface area contributed by atoms with Crippen molar-refractivity contribution < 1.29 is 9.59 Å². The number of pyridine rings is 1. The summed E-state index contributed by atoms with van der Waals surface area (Å²) in [6, 6.07) is 10.4. The van der Waals surface area contributed by atoms with Gasteiger partial charge in [-0.15, -0.1) is 11.8 Å². The summed E-state index contributed by atoms with van der Waals surface area (Å²) in [7, 11) is 0. The number of aromatic nitrogens is 1. The molecule has 6 nitrogen and oxygen atoms in total. The van der Waals surface area contributed by atoms with Crippen molar-refractivity contribution in [3.63, 3.8) is 0 Å². The molecule has 0 atom stereocenters. The number of urea groups is 1. The molecule has 0 radical (unpaired) electrons. The van der Waals surface area contributed by atoms with Crippen LogP contribution in [0.25, 0.3) is 0 Å². The third-order valence-electron chi connectivity index (χ3n) is 3.77. The lowest BCUT2D eigenvalue weighted by atomic mass is 10.2. The summed E-state index contributed by atoms with van der Waals surface area (Å²) in [5.74, 6) is 0.710. The molecule has 0 saturated heterocycles. The van der Waals surface area contributed by atoms with Crippen LogP contribution in [0.1, 0.15) is 23.7 Å². The SMILES string of the molecule is CCCNC(=O)c1ccc(NC(=O)N2CCSc3ncccc32)cc1. The first-order chi connectivity index (χ1) is 12.2. The second kappa shape index (κ2) is 8.02. The highest BCUT2D eigenvalue weighted by Crippen LogP contribution is 2.32. The second-order valence-corrected chi connectivity index (χ2v) is 6.67. The third-order valence-corrected chi connectivity index (χ3v) is 4.75. The maximum absolute atomic E-state index is 12.6. The number of benzene rings is 1. The number of hydrogen-bond donors (Lipinski definition) is 2. The molecule has 0 unspecified atom stereocenters. The maximum Gasteiger partial charge on any atom is 0.326 e. The van der Waals surface area contributed by atoms with Crippen LogP contribution in [0.2, 0.25) is 0 Å². The summed E-state index contributed by atoms with van der Waals surface area (Å²) in [5, 5.41) is 6.58. The number of amides is 3. The Bertz CT molecular complexity index is 764. The van der Waals surface area contributed by atoms with E-state index in [9.17, 15) is 9.59 Å². The lowest BCUT2D eigenvalue weighted by molar-refractivity contribution is 0.0953. The van der Waals surface area contributed by atoms with Crippen LogP contribution in [0.4, 0.5) is 16.2 Å². The fourth-order valence-electron chi connectivity index (χ4n) is 2.50. The van der Waals surface area contributed by atoms with E-state index < -0.39 is 0 Å². The summed E-state index contributed by atoms with van der Waals surface area (Å²) in [6.07, 6.45) is 2.62. The van der Waals surface area contributed by atoms with Gasteiger partial charge in [0.15, 0.2) is 0 Å². The van der Waals surface area contributed by atoms with Crippen molar-refractivity contribution in [2.45, 2.75) is 18.4 Å². The molecule has 3 rings (SSSR count). The quantitative estimate of drug-likeness (QED) is 0.881. The minimum absolute atomic E-state index is 0.104. The Kier molecular flexibility index (Phi) is 5.55. The Balaban J connectivity index is 1.67. The van der Waals surface area contributed by atoms with E-state index in [1.54, 1.807) is 47.1 Å². The molecule has 2 heterocycles. The van der Waals surface area contributed by atoms with Gasteiger partial charge in [-0.2, -0.15) is 0 Å². The van der Waals surface area contributed by atoms with Crippen molar-refractivity contribution in [1.29, 1.82) is 0 Å². The molecule has 1 aromatic carbocycles. The molecule has 0 aliphatic carbocycles. The zero-order valence-electron chi connectivity index (χ0n) is 14.0. The van der Waals surface area contributed by atoms with Crippen LogP contribution >= 0.6 is 11.8 Å². The molecule has 1 aromatic heterocycles. The van der Waals surface area contributed by atoms with Gasteiger partial charge < -0.3 is 10.6 Å². The zero-order valence-corrected chi connectivity index (χ0v) is 14.8. The van der Waals surface area contributed by atoms with E-state index >= 15 is 0 Å². The van der Waals surface area contributed by atoms with Gasteiger partial charge in [-0.25, -0.2) is 9.78 Å². The van der Waals surface area contributed by atoms with Crippen LogP contribution in [0.5, 0.6) is 0 Å². The molecular formula is C18H20N4O2S. The van der Waals surface area contributed by atoms with Crippen molar-refractivity contribution >= 4 is 35.1 Å². The molecule has 7 heteroatoms. The first kappa shape index (κ1) is 17.3. The highest BCUT2D eigenvalue weighted by molar-refractivity contribution is 7.99. The van der Waals surface area contributed by atoms with Crippen molar-refractivity contribution in [2.75, 3.05) is 29.1 Å². The number of fused-ring (bicyclic) bond motifs is 1. The number of nitrogens with one attached hydrogen (secondary N) is 2. The topological polar surface area (TPSA) is 74.3 Å². The number of carbonyl (C=O) groups is 2. The fourth-order valence-corrected chi connectivity index (χ4v) is 3.43. The predicted octanol–water partition coefficient (Wildman–Crippen LogP) is 3.37. The van der Waals surface area contributed by atoms with Crippen molar-refractivity contribution in [3.05, 3.63) is 48.2 Å². The molecular weight excluding hydrogens is 336 g/mol. The molecule has 2 aromatic rings. The molecule has 130 valence electrons. The van der Waals surface area contributed by atoms with Gasteiger partial charge in [0, 0.05) is 36.3 Å². The number of thioether (sulfide) groups is 1. The molecule has 1 aliphatic heterocycles. The number of carbonyl (C=O) groups excluding carboxylic acids is 2. The first-order valence-electron chi connectivity index (χ1n) is 8.23. The van der Waals surface area contributed by atoms with Crippen LogP contribution in [-0.4, -0.2) is 35.8 Å². The molecule has 0 bridgehead atoms. The van der Waals surface area contributed by atoms with E-state index in [4.69, 9.17) is 0 Å². The van der Waals surface area contributed by atoms with Gasteiger partial charge in [-0.3, -0.25) is 9.69 Å². The van der Waals surface area contributed by atoms with Gasteiger partial charge in [0.1, 0.15) is 5.03 Å². The summed E-state index contributed by atoms with van der Waals surface area (Å²) in [6.45, 7) is 3.29. The van der Waals surface area contributed by atoms with Crippen molar-refractivity contribution in [1.82, 2.24) is 10.3 Å². The normalized spacial score (nSPS) is 13.1. The molecule has 0 fully saturated rings. The molecule has 3 amide bonds. The highest BCUT2D eigenvalue weighted by atomic mass is 32.2. The number of hydrogen-bond acceptors (Lipinski definition) is 4. The van der Waals surface area contributed by atoms with Gasteiger partial charge in [-0.1, -0.05) is 6.92 Å². The number of rotatable bonds is 4. The Morgan fingerprint density at radius 1 is 1.24 bits per heavy atom. The van der Waals surface area contributed by atoms with Crippen LogP contribution in [0.3, 0.4) is 0 Å². The monoisotopic (exact) mass is 356 g/mol. The van der Waals surface area contributed by atoms with Gasteiger partial charge in [0.05, 0.1) is 5.69 Å². The zero-order chi connectivity index (χ0) is 17.6. The van der Waals surface area contributed by atoms with Crippen molar-refractivity contribution in [3.8, 4) is 0 Å². The Hall–Kier alpha value is -2.54. The van der Waals surface area contributed by atoms with Gasteiger partial charge in [0.2, 0.25) is 0 Å². The number of nitrogens with zero attached hydrogens (tertiary/aromatic N) is 2. The van der Waals surface area contributed by atoms with E-state index in [1.807, 2.05) is 19.1 Å². The van der Waals surface area contributed by atoms with E-state index in [0.717, 1.165) is 22.9 Å². The summed E-state index contributed by atoms with van der Waals surface area (Å²) >= 11 is 1.65. The van der Waals surface area contributed by atoms with E-state index in [-0.39, 0.29) is 11.9 Å². The van der Waals surface area contributed by atoms with Crippen LogP contribution in [0.15, 0.2) is 47.6 Å². The molecule has 0 spiro atoms. The van der Waals surface area contributed by atoms with E-state index in [0.29, 0.717) is 24.3 Å². The van der Waals surface area contributed by atoms with Crippen LogP contribution in [-0.2, 0) is 0 Å². The van der Waals surface area contributed by atoms with Gasteiger partial charge >= 0.3 is 6.03 Å². The lowest BCUT2D eigenvalue weighted by Crippen LogP contribution is -2.38. The molecule has 2 N–H and O–H groups in total. The fraction of sp³-hybridized carbons (Fsp3) is 0.278. The van der Waals surface area contributed by atoms with Crippen LogP contribution < -0.4 is 15.5 Å². The highest BCUT2D eigenvalue weighted by Gasteiger charge is 2.23. The van der Waals surface area contributed by atoms with Crippen molar-refractivity contribution in [2.24, 2.45) is 0 Å². The Morgan fingerprint density at radius 3 is 2.80 bits per heavy atom. The minimum Gasteiger partial charge on any atom is -0.352 e. The van der Waals surface area contributed by atoms with E-state index in [1.165, 1.54) is 0 Å².